The number of hydrogen-bond donors (Lipinski definition) is 0. The summed E-state index contributed by atoms with van der Waals surface area (Å²) < 4.78 is 26.1. The molecule has 2 aliphatic rings. The molecule has 0 radical (unpaired) electrons. The molecule has 1 amide bonds. The lowest BCUT2D eigenvalue weighted by molar-refractivity contribution is 0.0718. The summed E-state index contributed by atoms with van der Waals surface area (Å²) in [5.41, 5.74) is 3.10. The third-order valence-corrected chi connectivity index (χ3v) is 6.34. The highest BCUT2D eigenvalue weighted by Crippen LogP contribution is 2.32. The van der Waals surface area contributed by atoms with Gasteiger partial charge in [0.25, 0.3) is 5.91 Å². The minimum atomic E-state index is -0.435. The Morgan fingerprint density at radius 1 is 1.14 bits per heavy atom. The Hall–Kier alpha value is -3.99. The highest BCUT2D eigenvalue weighted by atomic mass is 19.1. The van der Waals surface area contributed by atoms with Gasteiger partial charge in [0.15, 0.2) is 5.69 Å². The van der Waals surface area contributed by atoms with Crippen molar-refractivity contribution >= 4 is 5.91 Å². The summed E-state index contributed by atoms with van der Waals surface area (Å²) in [4.78, 5) is 28.5. The summed E-state index contributed by atoms with van der Waals surface area (Å²) in [6.45, 7) is 2.15. The number of carbonyl (C=O) groups excluding carboxylic acids is 1. The maximum Gasteiger partial charge on any atom is 0.275 e. The zero-order valence-corrected chi connectivity index (χ0v) is 18.8. The summed E-state index contributed by atoms with van der Waals surface area (Å²) >= 11 is 0. The Kier molecular flexibility index (Phi) is 5.53. The average molecular weight is 475 g/mol. The number of aromatic nitrogens is 6. The molecule has 0 unspecified atom stereocenters. The van der Waals surface area contributed by atoms with E-state index in [1.165, 1.54) is 12.1 Å². The molecule has 0 spiro atoms. The summed E-state index contributed by atoms with van der Waals surface area (Å²) in [7, 11) is 0. The largest absolute Gasteiger partial charge is 0.373 e. The molecule has 6 rings (SSSR count). The van der Waals surface area contributed by atoms with Crippen LogP contribution < -0.4 is 0 Å². The van der Waals surface area contributed by atoms with Gasteiger partial charge in [-0.1, -0.05) is 11.2 Å². The summed E-state index contributed by atoms with van der Waals surface area (Å²) in [5, 5.41) is 8.65. The fraction of sp³-hybridized carbons (Fsp3) is 0.333. The molecule has 178 valence electrons. The highest BCUT2D eigenvalue weighted by molar-refractivity contribution is 5.99. The summed E-state index contributed by atoms with van der Waals surface area (Å²) in [5.74, 6) is 0.110. The number of nitrogens with zero attached hydrogens (tertiary/aromatic N) is 7. The molecule has 1 atom stereocenters. The van der Waals surface area contributed by atoms with E-state index in [1.54, 1.807) is 6.20 Å². The molecule has 0 saturated carbocycles. The quantitative estimate of drug-likeness (QED) is 0.433. The van der Waals surface area contributed by atoms with E-state index in [1.807, 2.05) is 27.8 Å². The predicted molar refractivity (Wildman–Crippen MR) is 120 cm³/mol. The van der Waals surface area contributed by atoms with Crippen molar-refractivity contribution in [3.05, 3.63) is 65.8 Å². The topological polar surface area (TPSA) is 112 Å². The van der Waals surface area contributed by atoms with Crippen molar-refractivity contribution in [3.8, 4) is 22.8 Å². The maximum absolute atomic E-state index is 13.8. The zero-order valence-electron chi connectivity index (χ0n) is 18.8. The molecule has 4 aromatic heterocycles. The van der Waals surface area contributed by atoms with Crippen LogP contribution in [0, 0.1) is 5.82 Å². The van der Waals surface area contributed by atoms with Crippen LogP contribution in [0.3, 0.4) is 0 Å². The molecule has 1 saturated heterocycles. The average Bonchev–Trinajstić information content (AvgIpc) is 3.63. The highest BCUT2D eigenvalue weighted by Gasteiger charge is 2.35. The number of likely N-dealkylation sites (tertiary alicyclic amines) is 1. The smallest absolute Gasteiger partial charge is 0.275 e. The van der Waals surface area contributed by atoms with Gasteiger partial charge in [0.1, 0.15) is 11.5 Å². The second kappa shape index (κ2) is 8.99. The number of fused-ring (bicyclic) bond motifs is 1. The number of ether oxygens (including phenoxy) is 1. The third kappa shape index (κ3) is 4.08. The Morgan fingerprint density at radius 2 is 2.09 bits per heavy atom. The van der Waals surface area contributed by atoms with Crippen molar-refractivity contribution in [2.75, 3.05) is 13.2 Å². The van der Waals surface area contributed by atoms with Crippen molar-refractivity contribution in [3.63, 3.8) is 0 Å². The fourth-order valence-electron chi connectivity index (χ4n) is 4.68. The van der Waals surface area contributed by atoms with Crippen molar-refractivity contribution in [2.24, 2.45) is 0 Å². The van der Waals surface area contributed by atoms with Crippen LogP contribution in [0.4, 0.5) is 4.39 Å². The minimum absolute atomic E-state index is 0.108. The first-order valence-corrected chi connectivity index (χ1v) is 11.5. The van der Waals surface area contributed by atoms with Gasteiger partial charge in [0, 0.05) is 25.2 Å². The van der Waals surface area contributed by atoms with Crippen molar-refractivity contribution in [2.45, 2.75) is 38.5 Å². The van der Waals surface area contributed by atoms with Crippen LogP contribution in [-0.4, -0.2) is 59.9 Å². The molecular weight excluding hydrogens is 453 g/mol. The number of halogens is 1. The van der Waals surface area contributed by atoms with Crippen LogP contribution in [0.25, 0.3) is 22.8 Å². The molecule has 0 aromatic carbocycles. The molecule has 11 heteroatoms. The van der Waals surface area contributed by atoms with Crippen LogP contribution in [0.2, 0.25) is 0 Å². The number of hydrogen-bond acceptors (Lipinski definition) is 8. The van der Waals surface area contributed by atoms with Gasteiger partial charge in [-0.05, 0) is 37.1 Å². The monoisotopic (exact) mass is 475 g/mol. The zero-order chi connectivity index (χ0) is 23.8. The first-order valence-electron chi connectivity index (χ1n) is 11.5. The van der Waals surface area contributed by atoms with Crippen molar-refractivity contribution in [1.82, 2.24) is 34.8 Å². The Labute approximate surface area is 199 Å². The van der Waals surface area contributed by atoms with E-state index < -0.39 is 5.82 Å². The van der Waals surface area contributed by atoms with Gasteiger partial charge in [-0.3, -0.25) is 14.5 Å². The van der Waals surface area contributed by atoms with E-state index in [4.69, 9.17) is 9.26 Å². The molecule has 6 heterocycles. The van der Waals surface area contributed by atoms with Crippen LogP contribution in [-0.2, 0) is 24.3 Å². The lowest BCUT2D eigenvalue weighted by Crippen LogP contribution is -2.37. The van der Waals surface area contributed by atoms with E-state index in [0.717, 1.165) is 30.3 Å². The fourth-order valence-corrected chi connectivity index (χ4v) is 4.68. The van der Waals surface area contributed by atoms with Crippen LogP contribution >= 0.6 is 0 Å². The lowest BCUT2D eigenvalue weighted by atomic mass is 10.1. The Balaban J connectivity index is 1.27. The van der Waals surface area contributed by atoms with E-state index in [2.05, 4.69) is 25.2 Å². The first kappa shape index (κ1) is 21.5. The number of carbonyl (C=O) groups is 1. The minimum Gasteiger partial charge on any atom is -0.373 e. The first-order chi connectivity index (χ1) is 17.2. The molecule has 4 aromatic rings. The van der Waals surface area contributed by atoms with Crippen LogP contribution in [0.1, 0.15) is 34.9 Å². The molecule has 1 fully saturated rings. The normalized spacial score (nSPS) is 17.5. The number of pyridine rings is 2. The van der Waals surface area contributed by atoms with Gasteiger partial charge in [-0.2, -0.15) is 10.1 Å². The van der Waals surface area contributed by atoms with Gasteiger partial charge >= 0.3 is 0 Å². The summed E-state index contributed by atoms with van der Waals surface area (Å²) in [6.07, 6.45) is 4.91. The summed E-state index contributed by atoms with van der Waals surface area (Å²) in [6, 6.07) is 8.31. The van der Waals surface area contributed by atoms with Gasteiger partial charge < -0.3 is 14.2 Å². The van der Waals surface area contributed by atoms with E-state index in [9.17, 15) is 9.18 Å². The van der Waals surface area contributed by atoms with Gasteiger partial charge in [-0.25, -0.2) is 9.37 Å². The number of amides is 1. The van der Waals surface area contributed by atoms with Crippen molar-refractivity contribution in [1.29, 1.82) is 0 Å². The maximum atomic E-state index is 13.8. The molecule has 35 heavy (non-hydrogen) atoms. The molecule has 0 N–H and O–H groups in total. The van der Waals surface area contributed by atoms with Gasteiger partial charge in [-0.15, -0.1) is 0 Å². The molecule has 10 nitrogen and oxygen atoms in total. The van der Waals surface area contributed by atoms with E-state index in [-0.39, 0.29) is 17.8 Å². The second-order valence-electron chi connectivity index (χ2n) is 8.53. The van der Waals surface area contributed by atoms with Gasteiger partial charge in [0.05, 0.1) is 42.9 Å². The van der Waals surface area contributed by atoms with E-state index >= 15 is 0 Å². The molecule has 2 aliphatic heterocycles. The van der Waals surface area contributed by atoms with Gasteiger partial charge in [0.2, 0.25) is 11.7 Å². The molecular formula is C24H22FN7O3. The van der Waals surface area contributed by atoms with Crippen LogP contribution in [0.15, 0.2) is 47.2 Å². The predicted octanol–water partition coefficient (Wildman–Crippen LogP) is 2.91. The third-order valence-electron chi connectivity index (χ3n) is 6.34. The van der Waals surface area contributed by atoms with Crippen LogP contribution in [0.5, 0.6) is 0 Å². The second-order valence-corrected chi connectivity index (χ2v) is 8.53. The molecule has 0 aliphatic carbocycles. The standard InChI is InChI=1S/C24H22FN7O3/c25-15-6-7-18(27-13-15)23-28-20(35-30-23)12-16-4-3-9-31(16)24(33)22-21(17-5-1-2-8-26-17)19-14-34-11-10-32(19)29-22/h1-2,5-8,13,16H,3-4,9-12,14H2/t16-/m0/s1. The molecule has 0 bridgehead atoms. The van der Waals surface area contributed by atoms with E-state index in [0.29, 0.717) is 55.7 Å². The number of rotatable bonds is 5. The Bertz CT molecular complexity index is 1350. The lowest BCUT2D eigenvalue weighted by Gasteiger charge is -2.23. The Morgan fingerprint density at radius 3 is 2.91 bits per heavy atom. The van der Waals surface area contributed by atoms with Crippen molar-refractivity contribution < 1.29 is 18.4 Å². The SMILES string of the molecule is O=C(c1nn2c(c1-c1ccccn1)COCC2)N1CCC[C@H]1Cc1nc(-c2ccc(F)cn2)no1.